The third-order valence-electron chi connectivity index (χ3n) is 9.17. The van der Waals surface area contributed by atoms with Crippen molar-refractivity contribution in [2.45, 2.75) is 108 Å². The highest BCUT2D eigenvalue weighted by atomic mass is 32.2. The summed E-state index contributed by atoms with van der Waals surface area (Å²) in [7, 11) is 0. The summed E-state index contributed by atoms with van der Waals surface area (Å²) in [4.78, 5) is 25.4. The second kappa shape index (κ2) is 21.0. The van der Waals surface area contributed by atoms with Gasteiger partial charge in [0, 0.05) is 29.0 Å². The van der Waals surface area contributed by atoms with E-state index in [1.807, 2.05) is 13.0 Å². The van der Waals surface area contributed by atoms with Gasteiger partial charge in [-0.25, -0.2) is 0 Å². The van der Waals surface area contributed by atoms with Gasteiger partial charge in [0.1, 0.15) is 17.2 Å². The van der Waals surface area contributed by atoms with E-state index in [0.717, 1.165) is 12.8 Å². The number of anilines is 1. The normalized spacial score (nSPS) is 11.1. The molecule has 0 aliphatic carbocycles. The molecule has 0 aliphatic heterocycles. The van der Waals surface area contributed by atoms with E-state index in [1.54, 1.807) is 48.5 Å². The zero-order chi connectivity index (χ0) is 38.1. The number of thioether (sulfide) groups is 1. The van der Waals surface area contributed by atoms with Crippen LogP contribution < -0.4 is 14.8 Å². The molecule has 2 N–H and O–H groups in total. The van der Waals surface area contributed by atoms with Crippen LogP contribution in [0.15, 0.2) is 82.4 Å². The third kappa shape index (κ3) is 11.4. The topological polar surface area (TPSA) is 150 Å². The highest BCUT2D eigenvalue weighted by Gasteiger charge is 2.23. The van der Waals surface area contributed by atoms with Crippen LogP contribution in [0.5, 0.6) is 23.0 Å². The number of aromatic hydroxyl groups is 1. The average Bonchev–Trinajstić information content (AvgIpc) is 3.66. The molecule has 0 saturated carbocycles. The Morgan fingerprint density at radius 2 is 1.48 bits per heavy atom. The fraction of sp³-hybridized carbons (Fsp3) is 0.405. The Bertz CT molecular complexity index is 1980. The lowest BCUT2D eigenvalue weighted by atomic mass is 10.0. The minimum Gasteiger partial charge on any atom is -0.506 e. The molecular weight excluding hydrogens is 705 g/mol. The maximum absolute atomic E-state index is 13.7. The fourth-order valence-corrected chi connectivity index (χ4v) is 6.90. The first-order valence-electron chi connectivity index (χ1n) is 19.1. The smallest absolute Gasteiger partial charge is 0.311 e. The fourth-order valence-electron chi connectivity index (χ4n) is 6.18. The molecule has 0 unspecified atom stereocenters. The molecule has 1 heterocycles. The van der Waals surface area contributed by atoms with Crippen LogP contribution in [0.1, 0.15) is 113 Å². The number of unbranched alkanes of at least 4 members (excludes halogenated alkanes) is 11. The molecule has 0 aliphatic rings. The van der Waals surface area contributed by atoms with Gasteiger partial charge in [-0.2, -0.15) is 0 Å². The average molecular weight is 755 g/mol. The number of aryl methyl sites for hydroxylation is 1. The Labute approximate surface area is 321 Å². The van der Waals surface area contributed by atoms with Crippen molar-refractivity contribution in [1.29, 1.82) is 0 Å². The second-order valence-electron chi connectivity index (χ2n) is 13.3. The summed E-state index contributed by atoms with van der Waals surface area (Å²) in [6.07, 6.45) is 15.7. The first-order valence-corrected chi connectivity index (χ1v) is 20.0. The first-order chi connectivity index (χ1) is 26.4. The van der Waals surface area contributed by atoms with E-state index in [0.29, 0.717) is 57.7 Å². The van der Waals surface area contributed by atoms with Gasteiger partial charge in [-0.15, -0.1) is 10.2 Å². The summed E-state index contributed by atoms with van der Waals surface area (Å²) in [5, 5.41) is 35.5. The molecule has 1 aromatic heterocycles. The molecule has 5 rings (SSSR count). The number of amides is 1. The lowest BCUT2D eigenvalue weighted by Crippen LogP contribution is -2.14. The molecular formula is C42H50N4O7S. The van der Waals surface area contributed by atoms with E-state index in [9.17, 15) is 20.0 Å². The standard InChI is InChI=1S/C42H50N4O7S/c1-3-5-6-7-8-9-10-11-12-13-14-19-26-51-36-23-18-17-22-34(36)43-41(48)33-28-38(31-20-15-16-21-32(31)40(33)47)52-37-25-24-30(27-35(37)46(49)50)29-54-42-45-44-39(4-2)53-42/h15-18,20-25,27-28,47H,3-14,19,26,29H2,1-2H3,(H,43,48). The summed E-state index contributed by atoms with van der Waals surface area (Å²) in [5.74, 6) is 0.752. The van der Waals surface area contributed by atoms with E-state index < -0.39 is 10.8 Å². The molecule has 0 fully saturated rings. The number of carbonyl (C=O) groups is 1. The number of para-hydroxylation sites is 2. The molecule has 0 spiro atoms. The predicted molar refractivity (Wildman–Crippen MR) is 213 cm³/mol. The number of fused-ring (bicyclic) bond motifs is 1. The summed E-state index contributed by atoms with van der Waals surface area (Å²) in [6, 6.07) is 20.1. The molecule has 1 amide bonds. The maximum atomic E-state index is 13.7. The molecule has 54 heavy (non-hydrogen) atoms. The second-order valence-corrected chi connectivity index (χ2v) is 14.2. The van der Waals surface area contributed by atoms with Gasteiger partial charge >= 0.3 is 5.69 Å². The number of phenols is 1. The van der Waals surface area contributed by atoms with Crippen molar-refractivity contribution in [3.63, 3.8) is 0 Å². The van der Waals surface area contributed by atoms with Gasteiger partial charge in [0.2, 0.25) is 11.6 Å². The number of rotatable bonds is 23. The van der Waals surface area contributed by atoms with E-state index >= 15 is 0 Å². The minimum absolute atomic E-state index is 0.0152. The number of aromatic nitrogens is 2. The van der Waals surface area contributed by atoms with Crippen LogP contribution in [0.4, 0.5) is 11.4 Å². The predicted octanol–water partition coefficient (Wildman–Crippen LogP) is 11.8. The minimum atomic E-state index is -0.585. The highest BCUT2D eigenvalue weighted by Crippen LogP contribution is 2.41. The Morgan fingerprint density at radius 3 is 2.17 bits per heavy atom. The summed E-state index contributed by atoms with van der Waals surface area (Å²) in [5.41, 5.74) is 0.814. The van der Waals surface area contributed by atoms with Gasteiger partial charge in [0.05, 0.1) is 22.8 Å². The number of hydrogen-bond donors (Lipinski definition) is 2. The number of benzene rings is 4. The van der Waals surface area contributed by atoms with Crippen LogP contribution in [0.25, 0.3) is 10.8 Å². The number of nitro benzene ring substituents is 1. The van der Waals surface area contributed by atoms with Crippen molar-refractivity contribution in [2.24, 2.45) is 0 Å². The zero-order valence-electron chi connectivity index (χ0n) is 31.2. The number of carbonyl (C=O) groups excluding carboxylic acids is 1. The number of ether oxygens (including phenoxy) is 2. The summed E-state index contributed by atoms with van der Waals surface area (Å²) in [6.45, 7) is 4.68. The number of nitrogens with one attached hydrogen (secondary N) is 1. The summed E-state index contributed by atoms with van der Waals surface area (Å²) < 4.78 is 17.8. The van der Waals surface area contributed by atoms with Crippen molar-refractivity contribution in [1.82, 2.24) is 10.2 Å². The van der Waals surface area contributed by atoms with Crippen molar-refractivity contribution >= 4 is 39.8 Å². The maximum Gasteiger partial charge on any atom is 0.311 e. The van der Waals surface area contributed by atoms with Gasteiger partial charge in [-0.3, -0.25) is 14.9 Å². The van der Waals surface area contributed by atoms with Gasteiger partial charge < -0.3 is 24.3 Å². The van der Waals surface area contributed by atoms with Crippen LogP contribution in [0.3, 0.4) is 0 Å². The van der Waals surface area contributed by atoms with Crippen molar-refractivity contribution in [2.75, 3.05) is 11.9 Å². The van der Waals surface area contributed by atoms with Crippen LogP contribution in [-0.2, 0) is 12.2 Å². The molecule has 0 radical (unpaired) electrons. The monoisotopic (exact) mass is 754 g/mol. The Kier molecular flexibility index (Phi) is 15.6. The zero-order valence-corrected chi connectivity index (χ0v) is 32.0. The molecule has 12 heteroatoms. The molecule has 5 aromatic rings. The number of nitrogens with zero attached hydrogens (tertiary/aromatic N) is 3. The van der Waals surface area contributed by atoms with E-state index in [-0.39, 0.29) is 28.5 Å². The SMILES string of the molecule is CCCCCCCCCCCCCCOc1ccccc1NC(=O)c1cc(Oc2ccc(CSc3nnc(CC)o3)cc2[N+](=O)[O-])c2ccccc2c1O. The van der Waals surface area contributed by atoms with Gasteiger partial charge in [0.25, 0.3) is 11.1 Å². The Hall–Kier alpha value is -5.10. The molecule has 11 nitrogen and oxygen atoms in total. The van der Waals surface area contributed by atoms with Crippen LogP contribution in [0.2, 0.25) is 0 Å². The third-order valence-corrected chi connectivity index (χ3v) is 10.1. The quantitative estimate of drug-likeness (QED) is 0.0285. The molecule has 0 bridgehead atoms. The Balaban J connectivity index is 1.22. The van der Waals surface area contributed by atoms with Crippen molar-refractivity contribution < 1.29 is 28.7 Å². The number of phenolic OH excluding ortho intramolecular Hbond substituents is 1. The van der Waals surface area contributed by atoms with Crippen molar-refractivity contribution in [3.8, 4) is 23.0 Å². The molecule has 286 valence electrons. The van der Waals surface area contributed by atoms with Gasteiger partial charge in [0.15, 0.2) is 0 Å². The van der Waals surface area contributed by atoms with Crippen LogP contribution >= 0.6 is 11.8 Å². The van der Waals surface area contributed by atoms with E-state index in [2.05, 4.69) is 22.4 Å². The lowest BCUT2D eigenvalue weighted by molar-refractivity contribution is -0.385. The van der Waals surface area contributed by atoms with Gasteiger partial charge in [-0.1, -0.05) is 139 Å². The highest BCUT2D eigenvalue weighted by molar-refractivity contribution is 7.98. The molecule has 0 atom stereocenters. The number of hydrogen-bond acceptors (Lipinski definition) is 10. The number of nitro groups is 1. The van der Waals surface area contributed by atoms with Crippen LogP contribution in [-0.4, -0.2) is 32.7 Å². The summed E-state index contributed by atoms with van der Waals surface area (Å²) >= 11 is 1.28. The molecule has 4 aromatic carbocycles. The largest absolute Gasteiger partial charge is 0.506 e. The molecule has 0 saturated heterocycles. The van der Waals surface area contributed by atoms with Gasteiger partial charge in [-0.05, 0) is 36.2 Å². The van der Waals surface area contributed by atoms with Crippen molar-refractivity contribution in [3.05, 3.63) is 99.9 Å². The van der Waals surface area contributed by atoms with Crippen LogP contribution in [0, 0.1) is 10.1 Å². The lowest BCUT2D eigenvalue weighted by Gasteiger charge is -2.16. The Morgan fingerprint density at radius 1 is 0.815 bits per heavy atom. The first kappa shape index (κ1) is 40.1. The van der Waals surface area contributed by atoms with E-state index in [1.165, 1.54) is 94.2 Å². The van der Waals surface area contributed by atoms with E-state index in [4.69, 9.17) is 13.9 Å².